The first-order valence-corrected chi connectivity index (χ1v) is 6.14. The molecule has 1 fully saturated rings. The van der Waals surface area contributed by atoms with Gasteiger partial charge in [0.2, 0.25) is 5.88 Å². The molecule has 0 radical (unpaired) electrons. The Morgan fingerprint density at radius 2 is 1.94 bits per heavy atom. The monoisotopic (exact) mass is 285 g/mol. The summed E-state index contributed by atoms with van der Waals surface area (Å²) in [7, 11) is 3.79. The third kappa shape index (κ3) is 2.47. The normalized spacial score (nSPS) is 17.6. The molecule has 0 unspecified atom stereocenters. The Morgan fingerprint density at radius 1 is 1.25 bits per heavy atom. The van der Waals surface area contributed by atoms with Gasteiger partial charge in [-0.2, -0.15) is 4.98 Å². The zero-order valence-corrected chi connectivity index (χ0v) is 11.2. The van der Waals surface area contributed by atoms with E-state index in [9.17, 15) is 0 Å². The Labute approximate surface area is 104 Å². The predicted molar refractivity (Wildman–Crippen MR) is 68.2 cm³/mol. The van der Waals surface area contributed by atoms with E-state index in [1.54, 1.807) is 7.11 Å². The minimum Gasteiger partial charge on any atom is -0.480 e. The highest BCUT2D eigenvalue weighted by Gasteiger charge is 2.16. The molecule has 2 heterocycles. The molecular formula is C11H16BrN3O. The Kier molecular flexibility index (Phi) is 3.66. The van der Waals surface area contributed by atoms with Crippen molar-refractivity contribution in [1.29, 1.82) is 0 Å². The van der Waals surface area contributed by atoms with Gasteiger partial charge >= 0.3 is 0 Å². The minimum atomic E-state index is 0.649. The molecule has 0 N–H and O–H groups in total. The SMILES string of the molecule is COc1nc(N2CCN(C)CC2)ccc1Br. The molecule has 1 aliphatic heterocycles. The van der Waals surface area contributed by atoms with Crippen LogP contribution in [0.4, 0.5) is 5.82 Å². The molecular weight excluding hydrogens is 270 g/mol. The van der Waals surface area contributed by atoms with Crippen molar-refractivity contribution in [1.82, 2.24) is 9.88 Å². The quantitative estimate of drug-likeness (QED) is 0.826. The Morgan fingerprint density at radius 3 is 2.56 bits per heavy atom. The van der Waals surface area contributed by atoms with Crippen LogP contribution in [0.15, 0.2) is 16.6 Å². The molecule has 0 atom stereocenters. The lowest BCUT2D eigenvalue weighted by molar-refractivity contribution is 0.311. The Bertz CT molecular complexity index is 364. The average molecular weight is 286 g/mol. The van der Waals surface area contributed by atoms with E-state index in [1.165, 1.54) is 0 Å². The van der Waals surface area contributed by atoms with E-state index in [1.807, 2.05) is 12.1 Å². The van der Waals surface area contributed by atoms with Crippen molar-refractivity contribution in [3.05, 3.63) is 16.6 Å². The number of methoxy groups -OCH3 is 1. The summed E-state index contributed by atoms with van der Waals surface area (Å²) in [5, 5.41) is 0. The van der Waals surface area contributed by atoms with Crippen LogP contribution in [0.5, 0.6) is 5.88 Å². The number of piperazine rings is 1. The lowest BCUT2D eigenvalue weighted by Gasteiger charge is -2.33. The van der Waals surface area contributed by atoms with Gasteiger partial charge in [-0.3, -0.25) is 0 Å². The molecule has 0 aromatic carbocycles. The molecule has 1 aromatic rings. The van der Waals surface area contributed by atoms with Crippen LogP contribution in [0.2, 0.25) is 0 Å². The topological polar surface area (TPSA) is 28.6 Å². The maximum atomic E-state index is 5.20. The number of rotatable bonds is 2. The van der Waals surface area contributed by atoms with Gasteiger partial charge < -0.3 is 14.5 Å². The molecule has 1 aliphatic rings. The number of anilines is 1. The van der Waals surface area contributed by atoms with E-state index in [0.29, 0.717) is 5.88 Å². The number of hydrogen-bond donors (Lipinski definition) is 0. The third-order valence-corrected chi connectivity index (χ3v) is 3.42. The van der Waals surface area contributed by atoms with E-state index >= 15 is 0 Å². The maximum Gasteiger partial charge on any atom is 0.229 e. The Balaban J connectivity index is 2.14. The average Bonchev–Trinajstić information content (AvgIpc) is 2.31. The fraction of sp³-hybridized carbons (Fsp3) is 0.545. The molecule has 0 saturated carbocycles. The number of aromatic nitrogens is 1. The van der Waals surface area contributed by atoms with Gasteiger partial charge in [0.15, 0.2) is 0 Å². The van der Waals surface area contributed by atoms with Crippen LogP contribution < -0.4 is 9.64 Å². The largest absolute Gasteiger partial charge is 0.480 e. The van der Waals surface area contributed by atoms with Crippen molar-refractivity contribution >= 4 is 21.7 Å². The summed E-state index contributed by atoms with van der Waals surface area (Å²) in [6.45, 7) is 4.21. The van der Waals surface area contributed by atoms with Crippen LogP contribution in [0.25, 0.3) is 0 Å². The van der Waals surface area contributed by atoms with Crippen LogP contribution in [-0.4, -0.2) is 50.2 Å². The molecule has 88 valence electrons. The Hall–Kier alpha value is -0.810. The second-order valence-electron chi connectivity index (χ2n) is 3.95. The van der Waals surface area contributed by atoms with E-state index in [4.69, 9.17) is 4.74 Å². The lowest BCUT2D eigenvalue weighted by atomic mass is 10.3. The van der Waals surface area contributed by atoms with Gasteiger partial charge in [0.05, 0.1) is 11.6 Å². The zero-order valence-electron chi connectivity index (χ0n) is 9.61. The van der Waals surface area contributed by atoms with Crippen LogP contribution in [-0.2, 0) is 0 Å². The molecule has 4 nitrogen and oxygen atoms in total. The first-order chi connectivity index (χ1) is 7.70. The number of nitrogens with zero attached hydrogens (tertiary/aromatic N) is 3. The van der Waals surface area contributed by atoms with E-state index < -0.39 is 0 Å². The third-order valence-electron chi connectivity index (χ3n) is 2.82. The van der Waals surface area contributed by atoms with Crippen molar-refractivity contribution in [3.63, 3.8) is 0 Å². The summed E-state index contributed by atoms with van der Waals surface area (Å²) >= 11 is 3.41. The van der Waals surface area contributed by atoms with Gasteiger partial charge in [-0.25, -0.2) is 0 Å². The molecule has 0 aliphatic carbocycles. The first kappa shape index (κ1) is 11.7. The van der Waals surface area contributed by atoms with Gasteiger partial charge in [-0.1, -0.05) is 0 Å². The molecule has 0 spiro atoms. The summed E-state index contributed by atoms with van der Waals surface area (Å²) in [4.78, 5) is 9.09. The van der Waals surface area contributed by atoms with Gasteiger partial charge in [0, 0.05) is 26.2 Å². The molecule has 2 rings (SSSR count). The minimum absolute atomic E-state index is 0.649. The smallest absolute Gasteiger partial charge is 0.229 e. The number of ether oxygens (including phenoxy) is 1. The zero-order chi connectivity index (χ0) is 11.5. The first-order valence-electron chi connectivity index (χ1n) is 5.34. The van der Waals surface area contributed by atoms with Crippen molar-refractivity contribution < 1.29 is 4.74 Å². The van der Waals surface area contributed by atoms with Gasteiger partial charge in [0.1, 0.15) is 5.82 Å². The van der Waals surface area contributed by atoms with E-state index in [0.717, 1.165) is 36.5 Å². The molecule has 5 heteroatoms. The molecule has 1 aromatic heterocycles. The van der Waals surface area contributed by atoms with E-state index in [2.05, 4.69) is 37.8 Å². The highest BCUT2D eigenvalue weighted by molar-refractivity contribution is 9.10. The summed E-state index contributed by atoms with van der Waals surface area (Å²) in [5.74, 6) is 1.64. The van der Waals surface area contributed by atoms with Crippen LogP contribution in [0.1, 0.15) is 0 Å². The molecule has 0 amide bonds. The van der Waals surface area contributed by atoms with Gasteiger partial charge in [-0.15, -0.1) is 0 Å². The highest BCUT2D eigenvalue weighted by Crippen LogP contribution is 2.25. The van der Waals surface area contributed by atoms with Crippen molar-refractivity contribution in [3.8, 4) is 5.88 Å². The molecule has 16 heavy (non-hydrogen) atoms. The molecule has 1 saturated heterocycles. The van der Waals surface area contributed by atoms with Crippen LogP contribution in [0.3, 0.4) is 0 Å². The van der Waals surface area contributed by atoms with Crippen LogP contribution in [0, 0.1) is 0 Å². The van der Waals surface area contributed by atoms with Crippen LogP contribution >= 0.6 is 15.9 Å². The number of hydrogen-bond acceptors (Lipinski definition) is 4. The fourth-order valence-corrected chi connectivity index (χ4v) is 2.15. The van der Waals surface area contributed by atoms with Gasteiger partial charge in [0.25, 0.3) is 0 Å². The number of pyridine rings is 1. The number of likely N-dealkylation sites (N-methyl/N-ethyl adjacent to an activating group) is 1. The van der Waals surface area contributed by atoms with Gasteiger partial charge in [-0.05, 0) is 35.1 Å². The van der Waals surface area contributed by atoms with Crippen molar-refractivity contribution in [2.75, 3.05) is 45.2 Å². The fourth-order valence-electron chi connectivity index (χ4n) is 1.77. The maximum absolute atomic E-state index is 5.20. The molecule has 0 bridgehead atoms. The van der Waals surface area contributed by atoms with E-state index in [-0.39, 0.29) is 0 Å². The summed E-state index contributed by atoms with van der Waals surface area (Å²) in [5.41, 5.74) is 0. The second kappa shape index (κ2) is 5.01. The van der Waals surface area contributed by atoms with Crippen molar-refractivity contribution in [2.24, 2.45) is 0 Å². The number of halogens is 1. The van der Waals surface area contributed by atoms with Crippen molar-refractivity contribution in [2.45, 2.75) is 0 Å². The lowest BCUT2D eigenvalue weighted by Crippen LogP contribution is -2.44. The summed E-state index contributed by atoms with van der Waals surface area (Å²) in [6, 6.07) is 4.01. The summed E-state index contributed by atoms with van der Waals surface area (Å²) < 4.78 is 6.10. The predicted octanol–water partition coefficient (Wildman–Crippen LogP) is 1.60. The summed E-state index contributed by atoms with van der Waals surface area (Å²) in [6.07, 6.45) is 0. The standard InChI is InChI=1S/C11H16BrN3O/c1-14-5-7-15(8-6-14)10-4-3-9(12)11(13-10)16-2/h3-4H,5-8H2,1-2H3. The highest BCUT2D eigenvalue weighted by atomic mass is 79.9. The second-order valence-corrected chi connectivity index (χ2v) is 4.81.